The highest BCUT2D eigenvalue weighted by Crippen LogP contribution is 2.24. The number of aliphatic hydroxyl groups is 1. The molecule has 15 heavy (non-hydrogen) atoms. The Labute approximate surface area is 93.4 Å². The van der Waals surface area contributed by atoms with Crippen LogP contribution >= 0.6 is 0 Å². The van der Waals surface area contributed by atoms with Crippen molar-refractivity contribution < 1.29 is 9.84 Å². The fourth-order valence-electron chi connectivity index (χ4n) is 2.42. The molecule has 1 fully saturated rings. The summed E-state index contributed by atoms with van der Waals surface area (Å²) in [4.78, 5) is 2.39. The Morgan fingerprint density at radius 1 is 1.40 bits per heavy atom. The van der Waals surface area contributed by atoms with E-state index in [1.54, 1.807) is 7.11 Å². The van der Waals surface area contributed by atoms with Crippen molar-refractivity contribution >= 4 is 0 Å². The molecule has 0 radical (unpaired) electrons. The number of methoxy groups -OCH3 is 1. The zero-order valence-electron chi connectivity index (χ0n) is 10.3. The predicted molar refractivity (Wildman–Crippen MR) is 61.9 cm³/mol. The summed E-state index contributed by atoms with van der Waals surface area (Å²) in [5.74, 6) is 0.648. The molecule has 0 spiro atoms. The molecule has 90 valence electrons. The van der Waals surface area contributed by atoms with Gasteiger partial charge in [-0.1, -0.05) is 13.8 Å². The Kier molecular flexibility index (Phi) is 5.58. The van der Waals surface area contributed by atoms with E-state index in [2.05, 4.69) is 18.7 Å². The first-order valence-corrected chi connectivity index (χ1v) is 6.06. The van der Waals surface area contributed by atoms with Crippen LogP contribution in [0.25, 0.3) is 0 Å². The van der Waals surface area contributed by atoms with Crippen molar-refractivity contribution in [2.75, 3.05) is 26.8 Å². The molecule has 0 aromatic rings. The van der Waals surface area contributed by atoms with Crippen molar-refractivity contribution in [2.45, 2.75) is 45.3 Å². The third-order valence-electron chi connectivity index (χ3n) is 3.10. The average Bonchev–Trinajstić information content (AvgIpc) is 2.58. The summed E-state index contributed by atoms with van der Waals surface area (Å²) in [5.41, 5.74) is 0. The van der Waals surface area contributed by atoms with E-state index < -0.39 is 0 Å². The molecular weight excluding hydrogens is 190 g/mol. The topological polar surface area (TPSA) is 32.7 Å². The summed E-state index contributed by atoms with van der Waals surface area (Å²) < 4.78 is 5.13. The van der Waals surface area contributed by atoms with E-state index in [-0.39, 0.29) is 6.10 Å². The Morgan fingerprint density at radius 3 is 2.60 bits per heavy atom. The first kappa shape index (κ1) is 12.9. The van der Waals surface area contributed by atoms with E-state index in [9.17, 15) is 5.11 Å². The van der Waals surface area contributed by atoms with Crippen LogP contribution in [-0.2, 0) is 4.74 Å². The molecule has 2 atom stereocenters. The highest BCUT2D eigenvalue weighted by molar-refractivity contribution is 4.85. The van der Waals surface area contributed by atoms with Gasteiger partial charge in [-0.25, -0.2) is 0 Å². The molecule has 0 aromatic carbocycles. The fraction of sp³-hybridized carbons (Fsp3) is 1.00. The van der Waals surface area contributed by atoms with Crippen molar-refractivity contribution in [2.24, 2.45) is 5.92 Å². The van der Waals surface area contributed by atoms with Crippen LogP contribution in [0.15, 0.2) is 0 Å². The minimum atomic E-state index is -0.124. The number of hydrogen-bond donors (Lipinski definition) is 1. The number of aliphatic hydroxyl groups excluding tert-OH is 1. The van der Waals surface area contributed by atoms with Crippen LogP contribution in [0, 0.1) is 5.92 Å². The molecule has 0 aliphatic heterocycles. The molecule has 0 bridgehead atoms. The molecule has 1 unspecified atom stereocenters. The van der Waals surface area contributed by atoms with Gasteiger partial charge >= 0.3 is 0 Å². The summed E-state index contributed by atoms with van der Waals surface area (Å²) >= 11 is 0. The maximum absolute atomic E-state index is 9.89. The van der Waals surface area contributed by atoms with Crippen molar-refractivity contribution in [3.8, 4) is 0 Å². The lowest BCUT2D eigenvalue weighted by atomic mass is 10.1. The normalized spacial score (nSPS) is 26.8. The second-order valence-electron chi connectivity index (χ2n) is 4.95. The van der Waals surface area contributed by atoms with Crippen LogP contribution in [-0.4, -0.2) is 49.0 Å². The Morgan fingerprint density at radius 2 is 2.13 bits per heavy atom. The van der Waals surface area contributed by atoms with E-state index in [1.807, 2.05) is 0 Å². The molecule has 3 heteroatoms. The predicted octanol–water partition coefficient (Wildman–Crippen LogP) is 1.50. The number of rotatable bonds is 6. The third-order valence-corrected chi connectivity index (χ3v) is 3.10. The van der Waals surface area contributed by atoms with Gasteiger partial charge in [0.25, 0.3) is 0 Å². The summed E-state index contributed by atoms with van der Waals surface area (Å²) in [7, 11) is 1.73. The summed E-state index contributed by atoms with van der Waals surface area (Å²) in [6, 6.07) is 0.363. The standard InChI is InChI=1S/C12H25NO2/c1-10(2)9-13(7-8-15-3)11-5-4-6-12(11)14/h10-12,14H,4-9H2,1-3H3/t11-,12?/m1/s1. The molecule has 1 N–H and O–H groups in total. The van der Waals surface area contributed by atoms with Crippen LogP contribution < -0.4 is 0 Å². The maximum atomic E-state index is 9.89. The first-order valence-electron chi connectivity index (χ1n) is 6.06. The van der Waals surface area contributed by atoms with Gasteiger partial charge in [-0.05, 0) is 25.2 Å². The van der Waals surface area contributed by atoms with Crippen molar-refractivity contribution in [1.82, 2.24) is 4.90 Å². The van der Waals surface area contributed by atoms with E-state index >= 15 is 0 Å². The molecule has 0 aromatic heterocycles. The minimum Gasteiger partial charge on any atom is -0.391 e. The first-order chi connectivity index (χ1) is 7.15. The van der Waals surface area contributed by atoms with Crippen LogP contribution in [0.5, 0.6) is 0 Å². The molecular formula is C12H25NO2. The Hall–Kier alpha value is -0.120. The van der Waals surface area contributed by atoms with E-state index in [1.165, 1.54) is 0 Å². The molecule has 1 aliphatic carbocycles. The quantitative estimate of drug-likeness (QED) is 0.729. The highest BCUT2D eigenvalue weighted by Gasteiger charge is 2.30. The van der Waals surface area contributed by atoms with Gasteiger partial charge in [0.05, 0.1) is 12.7 Å². The van der Waals surface area contributed by atoms with E-state index in [0.29, 0.717) is 12.0 Å². The van der Waals surface area contributed by atoms with Gasteiger partial charge in [-0.15, -0.1) is 0 Å². The van der Waals surface area contributed by atoms with E-state index in [0.717, 1.165) is 39.0 Å². The van der Waals surface area contributed by atoms with Gasteiger partial charge in [-0.2, -0.15) is 0 Å². The molecule has 0 saturated heterocycles. The molecule has 1 rings (SSSR count). The van der Waals surface area contributed by atoms with Crippen molar-refractivity contribution in [3.05, 3.63) is 0 Å². The van der Waals surface area contributed by atoms with Crippen LogP contribution in [0.4, 0.5) is 0 Å². The zero-order valence-corrected chi connectivity index (χ0v) is 10.3. The Balaban J connectivity index is 2.46. The monoisotopic (exact) mass is 215 g/mol. The Bertz CT molecular complexity index is 173. The molecule has 1 aliphatic rings. The smallest absolute Gasteiger partial charge is 0.0695 e. The second-order valence-corrected chi connectivity index (χ2v) is 4.95. The fourth-order valence-corrected chi connectivity index (χ4v) is 2.42. The summed E-state index contributed by atoms with van der Waals surface area (Å²) in [5, 5.41) is 9.89. The van der Waals surface area contributed by atoms with Gasteiger partial charge in [0.1, 0.15) is 0 Å². The number of ether oxygens (including phenoxy) is 1. The summed E-state index contributed by atoms with van der Waals surface area (Å²) in [6.45, 7) is 7.21. The van der Waals surface area contributed by atoms with Crippen LogP contribution in [0.2, 0.25) is 0 Å². The lowest BCUT2D eigenvalue weighted by molar-refractivity contribution is 0.0454. The number of hydrogen-bond acceptors (Lipinski definition) is 3. The van der Waals surface area contributed by atoms with Crippen molar-refractivity contribution in [1.29, 1.82) is 0 Å². The summed E-state index contributed by atoms with van der Waals surface area (Å²) in [6.07, 6.45) is 3.14. The van der Waals surface area contributed by atoms with Crippen molar-refractivity contribution in [3.63, 3.8) is 0 Å². The maximum Gasteiger partial charge on any atom is 0.0695 e. The average molecular weight is 215 g/mol. The number of nitrogens with zero attached hydrogens (tertiary/aromatic N) is 1. The highest BCUT2D eigenvalue weighted by atomic mass is 16.5. The minimum absolute atomic E-state index is 0.124. The van der Waals surface area contributed by atoms with Crippen LogP contribution in [0.3, 0.4) is 0 Å². The lowest BCUT2D eigenvalue weighted by Crippen LogP contribution is -2.44. The molecule has 0 amide bonds. The molecule has 0 heterocycles. The lowest BCUT2D eigenvalue weighted by Gasteiger charge is -2.32. The second kappa shape index (κ2) is 6.46. The van der Waals surface area contributed by atoms with E-state index in [4.69, 9.17) is 4.74 Å². The zero-order chi connectivity index (χ0) is 11.3. The van der Waals surface area contributed by atoms with Gasteiger partial charge in [0.2, 0.25) is 0 Å². The van der Waals surface area contributed by atoms with Crippen LogP contribution in [0.1, 0.15) is 33.1 Å². The van der Waals surface area contributed by atoms with Gasteiger partial charge < -0.3 is 9.84 Å². The largest absolute Gasteiger partial charge is 0.391 e. The van der Waals surface area contributed by atoms with Gasteiger partial charge in [0, 0.05) is 26.2 Å². The van der Waals surface area contributed by atoms with Gasteiger partial charge in [0.15, 0.2) is 0 Å². The molecule has 3 nitrogen and oxygen atoms in total. The SMILES string of the molecule is COCCN(CC(C)C)[C@@H]1CCCC1O. The molecule has 1 saturated carbocycles. The van der Waals surface area contributed by atoms with Gasteiger partial charge in [-0.3, -0.25) is 4.90 Å². The third kappa shape index (κ3) is 4.09.